The van der Waals surface area contributed by atoms with Crippen molar-refractivity contribution in [3.63, 3.8) is 0 Å². The van der Waals surface area contributed by atoms with Crippen LogP contribution in [-0.2, 0) is 12.0 Å². The molecular formula is C29H28ClF4N3O2. The maximum Gasteiger partial charge on any atom is 0.461 e. The molecule has 0 unspecified atom stereocenters. The number of halogens is 5. The van der Waals surface area contributed by atoms with Gasteiger partial charge in [-0.3, -0.25) is 4.98 Å². The van der Waals surface area contributed by atoms with Gasteiger partial charge in [-0.25, -0.2) is 4.79 Å². The monoisotopic (exact) mass is 561 g/mol. The van der Waals surface area contributed by atoms with Crippen molar-refractivity contribution in [3.05, 3.63) is 94.8 Å². The Morgan fingerprint density at radius 1 is 1.05 bits per heavy atom. The first-order valence-electron chi connectivity index (χ1n) is 12.8. The number of rotatable bonds is 9. The van der Waals surface area contributed by atoms with Crippen molar-refractivity contribution >= 4 is 17.6 Å². The predicted molar refractivity (Wildman–Crippen MR) is 139 cm³/mol. The zero-order valence-electron chi connectivity index (χ0n) is 20.9. The number of hydrogen-bond acceptors (Lipinski definition) is 3. The lowest BCUT2D eigenvalue weighted by atomic mass is 9.80. The Labute approximate surface area is 228 Å². The molecule has 10 heteroatoms. The van der Waals surface area contributed by atoms with Gasteiger partial charge in [0, 0.05) is 18.7 Å². The fraction of sp³-hybridized carbons (Fsp3) is 0.379. The lowest BCUT2D eigenvalue weighted by Crippen LogP contribution is -2.55. The van der Waals surface area contributed by atoms with Crippen LogP contribution in [0.3, 0.4) is 0 Å². The Kier molecular flexibility index (Phi) is 7.71. The molecule has 1 heterocycles. The molecule has 4 atom stereocenters. The van der Waals surface area contributed by atoms with Crippen LogP contribution in [0.1, 0.15) is 42.5 Å². The molecule has 39 heavy (non-hydrogen) atoms. The summed E-state index contributed by atoms with van der Waals surface area (Å²) in [5.41, 5.74) is 0.148. The van der Waals surface area contributed by atoms with Gasteiger partial charge in [-0.05, 0) is 66.5 Å². The van der Waals surface area contributed by atoms with Crippen LogP contribution in [0.15, 0.2) is 72.9 Å². The first kappa shape index (κ1) is 27.2. The first-order valence-corrected chi connectivity index (χ1v) is 13.2. The molecule has 0 radical (unpaired) electrons. The Balaban J connectivity index is 1.57. The Morgan fingerprint density at radius 3 is 2.49 bits per heavy atom. The molecule has 0 spiro atoms. The number of alkyl halides is 4. The number of urea groups is 1. The van der Waals surface area contributed by atoms with E-state index in [1.807, 2.05) is 30.3 Å². The Morgan fingerprint density at radius 2 is 1.85 bits per heavy atom. The lowest BCUT2D eigenvalue weighted by molar-refractivity contribution is -0.253. The molecule has 1 aromatic heterocycles. The molecule has 5 nitrogen and oxygen atoms in total. The fourth-order valence-electron chi connectivity index (χ4n) is 5.90. The van der Waals surface area contributed by atoms with E-state index in [2.05, 4.69) is 20.4 Å². The molecule has 3 aromatic rings. The molecule has 2 amide bonds. The van der Waals surface area contributed by atoms with E-state index in [9.17, 15) is 22.4 Å². The van der Waals surface area contributed by atoms with Gasteiger partial charge in [0.1, 0.15) is 11.3 Å². The largest absolute Gasteiger partial charge is 0.461 e. The van der Waals surface area contributed by atoms with Crippen molar-refractivity contribution in [1.82, 2.24) is 15.6 Å². The minimum absolute atomic E-state index is 0.0377. The molecule has 2 aliphatic carbocycles. The number of pyridine rings is 1. The minimum Gasteiger partial charge on any atom is -0.428 e. The topological polar surface area (TPSA) is 63.2 Å². The molecule has 2 fully saturated rings. The molecule has 2 saturated carbocycles. The molecule has 0 aliphatic heterocycles. The zero-order valence-corrected chi connectivity index (χ0v) is 21.7. The van der Waals surface area contributed by atoms with Gasteiger partial charge in [0.2, 0.25) is 0 Å². The van der Waals surface area contributed by atoms with Gasteiger partial charge in [0.05, 0.1) is 10.7 Å². The molecular weight excluding hydrogens is 534 g/mol. The quantitative estimate of drug-likeness (QED) is 0.278. The van der Waals surface area contributed by atoms with Crippen LogP contribution in [0.2, 0.25) is 5.02 Å². The highest BCUT2D eigenvalue weighted by molar-refractivity contribution is 6.30. The number of nitrogens with one attached hydrogen (secondary N) is 2. The van der Waals surface area contributed by atoms with Crippen LogP contribution in [0.25, 0.3) is 0 Å². The first-order chi connectivity index (χ1) is 18.6. The Bertz CT molecular complexity index is 1300. The molecule has 0 saturated heterocycles. The van der Waals surface area contributed by atoms with Crippen LogP contribution in [0, 0.1) is 11.8 Å². The van der Waals surface area contributed by atoms with Crippen LogP contribution in [0.5, 0.6) is 5.75 Å². The normalized spacial score (nSPS) is 21.9. The van der Waals surface area contributed by atoms with Crippen molar-refractivity contribution in [3.8, 4) is 5.75 Å². The van der Waals surface area contributed by atoms with E-state index in [1.165, 1.54) is 24.8 Å². The summed E-state index contributed by atoms with van der Waals surface area (Å²) in [5, 5.41) is 6.57. The van der Waals surface area contributed by atoms with E-state index in [0.717, 1.165) is 30.9 Å². The second kappa shape index (κ2) is 11.0. The third-order valence-corrected chi connectivity index (χ3v) is 7.92. The number of nitrogens with zero attached hydrogens (tertiary/aromatic N) is 1. The number of aromatic nitrogens is 1. The van der Waals surface area contributed by atoms with Crippen LogP contribution in [-0.4, -0.2) is 29.6 Å². The average Bonchev–Trinajstić information content (AvgIpc) is 3.52. The van der Waals surface area contributed by atoms with Crippen molar-refractivity contribution < 1.29 is 27.1 Å². The highest BCUT2D eigenvalue weighted by Crippen LogP contribution is 2.44. The van der Waals surface area contributed by atoms with E-state index in [-0.39, 0.29) is 12.5 Å². The van der Waals surface area contributed by atoms with E-state index >= 15 is 0 Å². The molecule has 2 aromatic carbocycles. The van der Waals surface area contributed by atoms with Crippen LogP contribution >= 0.6 is 11.6 Å². The summed E-state index contributed by atoms with van der Waals surface area (Å²) in [6.45, 7) is 0. The van der Waals surface area contributed by atoms with Crippen molar-refractivity contribution in [2.75, 3.05) is 0 Å². The summed E-state index contributed by atoms with van der Waals surface area (Å²) in [5.74, 6) is 0.559. The summed E-state index contributed by atoms with van der Waals surface area (Å²) in [7, 11) is 0. The van der Waals surface area contributed by atoms with E-state index in [4.69, 9.17) is 11.6 Å². The average molecular weight is 562 g/mol. The van der Waals surface area contributed by atoms with Gasteiger partial charge in [0.25, 0.3) is 0 Å². The third-order valence-electron chi connectivity index (χ3n) is 7.69. The maximum atomic E-state index is 13.8. The number of fused-ring (bicyclic) bond motifs is 2. The Hall–Kier alpha value is -3.33. The van der Waals surface area contributed by atoms with Crippen LogP contribution in [0.4, 0.5) is 22.4 Å². The minimum atomic E-state index is -4.69. The zero-order chi connectivity index (χ0) is 27.6. The van der Waals surface area contributed by atoms with Crippen molar-refractivity contribution in [1.29, 1.82) is 0 Å². The molecule has 206 valence electrons. The van der Waals surface area contributed by atoms with Gasteiger partial charge >= 0.3 is 18.6 Å². The van der Waals surface area contributed by atoms with Crippen LogP contribution < -0.4 is 15.4 Å². The summed E-state index contributed by atoms with van der Waals surface area (Å²) in [4.78, 5) is 18.1. The smallest absolute Gasteiger partial charge is 0.428 e. The summed E-state index contributed by atoms with van der Waals surface area (Å²) < 4.78 is 57.8. The van der Waals surface area contributed by atoms with Gasteiger partial charge in [0.15, 0.2) is 0 Å². The fourth-order valence-corrected chi connectivity index (χ4v) is 6.01. The van der Waals surface area contributed by atoms with Gasteiger partial charge in [-0.1, -0.05) is 60.5 Å². The third kappa shape index (κ3) is 5.98. The summed E-state index contributed by atoms with van der Waals surface area (Å²) >= 11 is 6.11. The van der Waals surface area contributed by atoms with Crippen molar-refractivity contribution in [2.45, 2.75) is 56.2 Å². The number of carbonyl (C=O) groups is 1. The van der Waals surface area contributed by atoms with Crippen molar-refractivity contribution in [2.24, 2.45) is 11.8 Å². The summed E-state index contributed by atoms with van der Waals surface area (Å²) in [6.07, 6.45) is -2.84. The number of benzene rings is 2. The number of hydrogen-bond donors (Lipinski definition) is 2. The molecule has 2 aliphatic rings. The second-order valence-corrected chi connectivity index (χ2v) is 10.7. The van der Waals surface area contributed by atoms with E-state index in [1.54, 1.807) is 18.2 Å². The standard InChI is InChI=1S/C29H28ClF4N3O2/c30-22-11-12-25(35-17-22)28(16-18-5-2-1-3-6-18,37-27(38)36-24-14-19-9-10-20(24)13-19)21-7-4-8-23(15-21)39-29(33,34)26(31)32/h1-8,11-12,15,17,19-20,24,26H,9-10,13-14,16H2,(H2,36,37,38)/t19-,20+,24+,28+/m1/s1. The number of ether oxygens (including phenoxy) is 1. The van der Waals surface area contributed by atoms with Gasteiger partial charge in [-0.15, -0.1) is 0 Å². The lowest BCUT2D eigenvalue weighted by Gasteiger charge is -2.36. The molecule has 5 rings (SSSR count). The van der Waals surface area contributed by atoms with Gasteiger partial charge < -0.3 is 15.4 Å². The highest BCUT2D eigenvalue weighted by atomic mass is 35.5. The van der Waals surface area contributed by atoms with Gasteiger partial charge in [-0.2, -0.15) is 17.6 Å². The number of amides is 2. The predicted octanol–water partition coefficient (Wildman–Crippen LogP) is 6.95. The van der Waals surface area contributed by atoms with E-state index < -0.39 is 29.9 Å². The number of carbonyl (C=O) groups excluding carboxylic acids is 1. The SMILES string of the molecule is O=C(N[C@H]1C[C@@H]2CC[C@H]1C2)N[C@@](Cc1ccccc1)(c1cccc(OC(F)(F)C(F)F)c1)c1ccc(Cl)cn1. The molecule has 2 bridgehead atoms. The second-order valence-electron chi connectivity index (χ2n) is 10.3. The maximum absolute atomic E-state index is 13.8. The molecule has 2 N–H and O–H groups in total. The highest BCUT2D eigenvalue weighted by Gasteiger charge is 2.45. The van der Waals surface area contributed by atoms with E-state index in [0.29, 0.717) is 28.1 Å². The summed E-state index contributed by atoms with van der Waals surface area (Å²) in [6, 6.07) is 17.5.